The van der Waals surface area contributed by atoms with Crippen LogP contribution in [0.2, 0.25) is 0 Å². The molecule has 0 radical (unpaired) electrons. The topological polar surface area (TPSA) is 18.5 Å². The van der Waals surface area contributed by atoms with Crippen LogP contribution in [0.15, 0.2) is 35.2 Å². The quantitative estimate of drug-likeness (QED) is 0.150. The first kappa shape index (κ1) is 37.7. The van der Waals surface area contributed by atoms with Crippen LogP contribution < -0.4 is 0 Å². The molecule has 0 aliphatic heterocycles. The Morgan fingerprint density at radius 2 is 1.00 bits per heavy atom. The minimum Gasteiger partial charge on any atom is -0.369 e. The van der Waals surface area contributed by atoms with Crippen molar-refractivity contribution in [3.8, 4) is 0 Å². The number of hydrogen-bond acceptors (Lipinski definition) is 6. The van der Waals surface area contributed by atoms with E-state index >= 15 is 0 Å². The Hall–Kier alpha value is 0.540. The molecule has 0 fully saturated rings. The van der Waals surface area contributed by atoms with Crippen LogP contribution in [0, 0.1) is 21.7 Å². The summed E-state index contributed by atoms with van der Waals surface area (Å²) in [6.07, 6.45) is 1.27. The molecule has 1 aromatic carbocycles. The summed E-state index contributed by atoms with van der Waals surface area (Å²) in [6, 6.07) is 10.4. The van der Waals surface area contributed by atoms with E-state index in [2.05, 4.69) is 114 Å². The molecule has 0 aromatic heterocycles. The molecule has 1 aromatic rings. The van der Waals surface area contributed by atoms with Gasteiger partial charge in [0.1, 0.15) is 11.9 Å². The molecule has 0 atom stereocenters. The van der Waals surface area contributed by atoms with Gasteiger partial charge in [-0.2, -0.15) is 0 Å². The lowest BCUT2D eigenvalue weighted by Gasteiger charge is -2.18. The average Bonchev–Trinajstić information content (AvgIpc) is 2.64. The van der Waals surface area contributed by atoms with Crippen molar-refractivity contribution < 1.29 is 9.47 Å². The summed E-state index contributed by atoms with van der Waals surface area (Å²) >= 11 is 0. The van der Waals surface area contributed by atoms with Crippen molar-refractivity contribution in [2.75, 3.05) is 30.8 Å². The van der Waals surface area contributed by atoms with E-state index in [0.717, 1.165) is 25.1 Å². The summed E-state index contributed by atoms with van der Waals surface area (Å²) < 4.78 is 11.1. The molecule has 0 spiro atoms. The van der Waals surface area contributed by atoms with E-state index in [1.165, 1.54) is 17.1 Å². The van der Waals surface area contributed by atoms with Crippen LogP contribution >= 0.6 is 43.2 Å². The van der Waals surface area contributed by atoms with Crippen molar-refractivity contribution in [2.45, 2.75) is 101 Å². The maximum atomic E-state index is 5.57. The van der Waals surface area contributed by atoms with E-state index < -0.39 is 0 Å². The predicted octanol–water partition coefficient (Wildman–Crippen LogP) is 11.3. The van der Waals surface area contributed by atoms with Crippen LogP contribution in [-0.4, -0.2) is 30.8 Å². The third-order valence-corrected chi connectivity index (χ3v) is 7.40. The summed E-state index contributed by atoms with van der Waals surface area (Å²) in [4.78, 5) is 1.28. The van der Waals surface area contributed by atoms with Crippen molar-refractivity contribution in [1.82, 2.24) is 0 Å². The molecule has 0 bridgehead atoms. The zero-order chi connectivity index (χ0) is 27.6. The molecule has 0 aliphatic carbocycles. The smallest absolute Gasteiger partial charge is 0.103 e. The van der Waals surface area contributed by atoms with Crippen molar-refractivity contribution in [2.24, 2.45) is 21.7 Å². The van der Waals surface area contributed by atoms with Crippen molar-refractivity contribution in [1.29, 1.82) is 0 Å². The van der Waals surface area contributed by atoms with Gasteiger partial charge < -0.3 is 9.47 Å². The van der Waals surface area contributed by atoms with Gasteiger partial charge in [0.25, 0.3) is 0 Å². The molecule has 35 heavy (non-hydrogen) atoms. The summed E-state index contributed by atoms with van der Waals surface area (Å²) in [5, 5.41) is 0. The van der Waals surface area contributed by atoms with Gasteiger partial charge in [0, 0.05) is 10.6 Å². The standard InChI is InChI=1S/C12H18OS2.C12H26OS2.C5H12/c1-12(2,3)9-13-10-14-15-11-7-5-4-6-8-11;1-11(2,3)7-8-14-15-10-13-9-12(4,5)6;1-5(2,3)4/h4-8H,9-10H2,1-3H3;7-10H2,1-6H3;1-4H3. The van der Waals surface area contributed by atoms with Gasteiger partial charge >= 0.3 is 0 Å². The maximum Gasteiger partial charge on any atom is 0.103 e. The third-order valence-electron chi connectivity index (χ3n) is 3.25. The first-order chi connectivity index (χ1) is 15.8. The highest BCUT2D eigenvalue weighted by molar-refractivity contribution is 8.77. The van der Waals surface area contributed by atoms with E-state index in [4.69, 9.17) is 9.47 Å². The monoisotopic (exact) mass is 564 g/mol. The molecule has 1 rings (SSSR count). The molecule has 0 saturated heterocycles. The molecule has 0 aliphatic rings. The second kappa shape index (κ2) is 19.6. The maximum absolute atomic E-state index is 5.57. The van der Waals surface area contributed by atoms with E-state index in [1.807, 2.05) is 27.7 Å². The van der Waals surface area contributed by atoms with Crippen LogP contribution in [0.1, 0.15) is 96.4 Å². The Labute approximate surface area is 235 Å². The lowest BCUT2D eigenvalue weighted by Crippen LogP contribution is -2.14. The normalized spacial score (nSPS) is 12.4. The van der Waals surface area contributed by atoms with Crippen molar-refractivity contribution in [3.05, 3.63) is 30.3 Å². The summed E-state index contributed by atoms with van der Waals surface area (Å²) in [5.41, 5.74) is 1.51. The zero-order valence-corrected chi connectivity index (χ0v) is 28.3. The van der Waals surface area contributed by atoms with Crippen LogP contribution in [-0.2, 0) is 9.47 Å². The second-order valence-electron chi connectivity index (χ2n) is 13.8. The lowest BCUT2D eigenvalue weighted by molar-refractivity contribution is 0.106. The third kappa shape index (κ3) is 41.9. The van der Waals surface area contributed by atoms with Crippen LogP contribution in [0.3, 0.4) is 0 Å². The fourth-order valence-electron chi connectivity index (χ4n) is 1.77. The van der Waals surface area contributed by atoms with Gasteiger partial charge in [-0.05, 0) is 40.2 Å². The molecule has 0 amide bonds. The highest BCUT2D eigenvalue weighted by Gasteiger charge is 2.11. The van der Waals surface area contributed by atoms with Gasteiger partial charge in [-0.1, -0.05) is 151 Å². The number of ether oxygens (including phenoxy) is 2. The molecular weight excluding hydrogens is 509 g/mol. The van der Waals surface area contributed by atoms with E-state index in [9.17, 15) is 0 Å². The highest BCUT2D eigenvalue weighted by Crippen LogP contribution is 2.31. The van der Waals surface area contributed by atoms with Gasteiger partial charge in [-0.3, -0.25) is 0 Å². The van der Waals surface area contributed by atoms with E-state index in [-0.39, 0.29) is 10.8 Å². The summed E-state index contributed by atoms with van der Waals surface area (Å²) in [6.45, 7) is 30.4. The van der Waals surface area contributed by atoms with Crippen molar-refractivity contribution in [3.63, 3.8) is 0 Å². The van der Waals surface area contributed by atoms with Crippen molar-refractivity contribution >= 4 is 43.2 Å². The van der Waals surface area contributed by atoms with Gasteiger partial charge in [0.2, 0.25) is 0 Å². The Balaban J connectivity index is 0. The number of hydrogen-bond donors (Lipinski definition) is 0. The van der Waals surface area contributed by atoms with E-state index in [1.54, 1.807) is 21.6 Å². The summed E-state index contributed by atoms with van der Waals surface area (Å²) in [5.74, 6) is 2.77. The molecule has 208 valence electrons. The largest absolute Gasteiger partial charge is 0.369 e. The van der Waals surface area contributed by atoms with Crippen LogP contribution in [0.25, 0.3) is 0 Å². The van der Waals surface area contributed by atoms with Crippen LogP contribution in [0.4, 0.5) is 0 Å². The lowest BCUT2D eigenvalue weighted by atomic mass is 9.94. The molecule has 2 nitrogen and oxygen atoms in total. The highest BCUT2D eigenvalue weighted by atomic mass is 33.1. The molecule has 0 N–H and O–H groups in total. The first-order valence-electron chi connectivity index (χ1n) is 12.5. The molecule has 0 saturated carbocycles. The SMILES string of the molecule is CC(C)(C)C.CC(C)(C)CCSSCOCC(C)(C)C.CC(C)(C)COCSSc1ccccc1. The second-order valence-corrected chi connectivity index (χ2v) is 18.7. The van der Waals surface area contributed by atoms with Gasteiger partial charge in [-0.25, -0.2) is 0 Å². The fourth-order valence-corrected chi connectivity index (χ4v) is 5.51. The molecular formula is C29H56O2S4. The average molecular weight is 565 g/mol. The number of rotatable bonds is 11. The summed E-state index contributed by atoms with van der Waals surface area (Å²) in [7, 11) is 7.26. The Morgan fingerprint density at radius 1 is 0.571 bits per heavy atom. The Bertz CT molecular complexity index is 570. The van der Waals surface area contributed by atoms with Gasteiger partial charge in [-0.15, -0.1) is 0 Å². The predicted molar refractivity (Wildman–Crippen MR) is 170 cm³/mol. The molecule has 0 heterocycles. The van der Waals surface area contributed by atoms with Gasteiger partial charge in [0.05, 0.1) is 13.2 Å². The van der Waals surface area contributed by atoms with E-state index in [0.29, 0.717) is 10.8 Å². The fraction of sp³-hybridized carbons (Fsp3) is 0.793. The zero-order valence-electron chi connectivity index (χ0n) is 25.1. The minimum absolute atomic E-state index is 0.262. The van der Waals surface area contributed by atoms with Crippen LogP contribution in [0.5, 0.6) is 0 Å². The Morgan fingerprint density at radius 3 is 1.40 bits per heavy atom. The Kier molecular flexibility index (Phi) is 21.1. The number of benzene rings is 1. The molecule has 6 heteroatoms. The minimum atomic E-state index is 0.262. The van der Waals surface area contributed by atoms with Gasteiger partial charge in [0.15, 0.2) is 0 Å². The first-order valence-corrected chi connectivity index (χ1v) is 17.3. The molecule has 0 unspecified atom stereocenters.